The van der Waals surface area contributed by atoms with E-state index in [0.29, 0.717) is 0 Å². The lowest BCUT2D eigenvalue weighted by Crippen LogP contribution is -2.73. The maximum Gasteiger partial charge on any atom is 0.181 e. The minimum atomic E-state index is -2.55. The average molecular weight is 491 g/mol. The van der Waals surface area contributed by atoms with Gasteiger partial charge in [-0.3, -0.25) is 0 Å². The fourth-order valence-electron chi connectivity index (χ4n) is 6.53. The first-order chi connectivity index (χ1) is 17.9. The van der Waals surface area contributed by atoms with E-state index in [1.165, 1.54) is 57.6 Å². The van der Waals surface area contributed by atoms with Crippen molar-refractivity contribution in [3.63, 3.8) is 0 Å². The molecule has 0 aliphatic carbocycles. The molecule has 6 aromatic carbocycles. The second kappa shape index (κ2) is 7.51. The molecule has 0 spiro atoms. The third-order valence-electron chi connectivity index (χ3n) is 7.94. The molecule has 0 amide bonds. The van der Waals surface area contributed by atoms with E-state index in [2.05, 4.69) is 133 Å². The molecule has 0 radical (unpaired) electrons. The van der Waals surface area contributed by atoms with Crippen LogP contribution in [0.25, 0.3) is 42.1 Å². The van der Waals surface area contributed by atoms with Gasteiger partial charge in [0.15, 0.2) is 8.07 Å². The van der Waals surface area contributed by atoms with Crippen molar-refractivity contribution in [3.8, 4) is 11.1 Å². The van der Waals surface area contributed by atoms with Gasteiger partial charge in [-0.2, -0.15) is 0 Å². The van der Waals surface area contributed by atoms with E-state index in [1.807, 2.05) is 11.3 Å². The van der Waals surface area contributed by atoms with E-state index >= 15 is 0 Å². The van der Waals surface area contributed by atoms with Crippen molar-refractivity contribution in [2.45, 2.75) is 0 Å². The van der Waals surface area contributed by atoms with Gasteiger partial charge in [0.05, 0.1) is 0 Å². The second-order valence-corrected chi connectivity index (χ2v) is 14.4. The summed E-state index contributed by atoms with van der Waals surface area (Å²) >= 11 is 1.95. The lowest BCUT2D eigenvalue weighted by atomic mass is 10.00. The van der Waals surface area contributed by atoms with Crippen LogP contribution in [0.4, 0.5) is 0 Å². The number of benzene rings is 6. The van der Waals surface area contributed by atoms with E-state index in [1.54, 1.807) is 5.19 Å². The zero-order valence-corrected chi connectivity index (χ0v) is 21.4. The Labute approximate surface area is 215 Å². The Morgan fingerprint density at radius 2 is 1.11 bits per heavy atom. The molecule has 1 aliphatic heterocycles. The quantitative estimate of drug-likeness (QED) is 0.241. The largest absolute Gasteiger partial charge is 0.181 e. The lowest BCUT2D eigenvalue weighted by molar-refractivity contribution is 1.70. The lowest BCUT2D eigenvalue weighted by Gasteiger charge is -2.32. The first kappa shape index (κ1) is 20.2. The molecule has 0 atom stereocenters. The van der Waals surface area contributed by atoms with Gasteiger partial charge in [0.25, 0.3) is 0 Å². The highest BCUT2D eigenvalue weighted by Gasteiger charge is 2.49. The first-order valence-electron chi connectivity index (χ1n) is 12.5. The normalized spacial score (nSPS) is 13.8. The van der Waals surface area contributed by atoms with Gasteiger partial charge in [0.1, 0.15) is 0 Å². The Bertz CT molecular complexity index is 1890. The zero-order chi connectivity index (χ0) is 23.7. The molecule has 2 heterocycles. The van der Waals surface area contributed by atoms with Gasteiger partial charge in [-0.1, -0.05) is 127 Å². The molecular formula is C34H22SSi. The van der Waals surface area contributed by atoms with Crippen LogP contribution < -0.4 is 20.7 Å². The monoisotopic (exact) mass is 490 g/mol. The van der Waals surface area contributed by atoms with Gasteiger partial charge in [0, 0.05) is 25.6 Å². The predicted octanol–water partition coefficient (Wildman–Crippen LogP) is 6.57. The van der Waals surface area contributed by atoms with Crippen LogP contribution in [0, 0.1) is 0 Å². The van der Waals surface area contributed by atoms with E-state index in [0.717, 1.165) is 0 Å². The minimum Gasteiger partial charge on any atom is -0.135 e. The molecule has 2 heteroatoms. The Morgan fingerprint density at radius 3 is 1.89 bits per heavy atom. The number of hydrogen-bond donors (Lipinski definition) is 0. The Balaban J connectivity index is 1.66. The van der Waals surface area contributed by atoms with Gasteiger partial charge in [-0.15, -0.1) is 11.3 Å². The predicted molar refractivity (Wildman–Crippen MR) is 159 cm³/mol. The molecule has 0 nitrogen and oxygen atoms in total. The van der Waals surface area contributed by atoms with Crippen molar-refractivity contribution in [3.05, 3.63) is 133 Å². The molecule has 7 aromatic rings. The van der Waals surface area contributed by atoms with E-state index in [-0.39, 0.29) is 0 Å². The molecule has 0 fully saturated rings. The second-order valence-electron chi connectivity index (χ2n) is 9.65. The summed E-state index contributed by atoms with van der Waals surface area (Å²) in [6, 6.07) is 50.1. The summed E-state index contributed by atoms with van der Waals surface area (Å²) in [6.45, 7) is 0. The fraction of sp³-hybridized carbons (Fsp3) is 0. The van der Waals surface area contributed by atoms with Crippen LogP contribution in [0.2, 0.25) is 0 Å². The van der Waals surface area contributed by atoms with Crippen LogP contribution in [-0.2, 0) is 0 Å². The van der Waals surface area contributed by atoms with Gasteiger partial charge in [-0.25, -0.2) is 0 Å². The zero-order valence-electron chi connectivity index (χ0n) is 19.6. The molecule has 0 saturated carbocycles. The molecule has 1 aromatic heterocycles. The third-order valence-corrected chi connectivity index (χ3v) is 14.1. The smallest absolute Gasteiger partial charge is 0.135 e. The molecule has 8 rings (SSSR count). The molecule has 168 valence electrons. The van der Waals surface area contributed by atoms with E-state index < -0.39 is 8.07 Å². The summed E-state index contributed by atoms with van der Waals surface area (Å²) in [6.07, 6.45) is 0. The summed E-state index contributed by atoms with van der Waals surface area (Å²) in [5.41, 5.74) is 2.80. The minimum absolute atomic E-state index is 1.34. The number of thiophene rings is 1. The highest BCUT2D eigenvalue weighted by atomic mass is 32.1. The molecule has 1 aliphatic rings. The summed E-state index contributed by atoms with van der Waals surface area (Å²) < 4.78 is 2.78. The first-order valence-corrected chi connectivity index (χ1v) is 15.3. The summed E-state index contributed by atoms with van der Waals surface area (Å²) in [4.78, 5) is 0. The summed E-state index contributed by atoms with van der Waals surface area (Å²) in [5, 5.41) is 11.5. The molecule has 0 N–H and O–H groups in total. The molecule has 0 unspecified atom stereocenters. The fourth-order valence-corrected chi connectivity index (χ4v) is 13.3. The Morgan fingerprint density at radius 1 is 0.472 bits per heavy atom. The summed E-state index contributed by atoms with van der Waals surface area (Å²) in [7, 11) is -2.55. The highest BCUT2D eigenvalue weighted by Crippen LogP contribution is 2.41. The van der Waals surface area contributed by atoms with Gasteiger partial charge in [-0.05, 0) is 43.3 Å². The van der Waals surface area contributed by atoms with Crippen molar-refractivity contribution in [2.24, 2.45) is 0 Å². The maximum atomic E-state index is 2.40. The Kier molecular flexibility index (Phi) is 4.22. The molecule has 0 bridgehead atoms. The summed E-state index contributed by atoms with van der Waals surface area (Å²) in [5.74, 6) is 0. The number of hydrogen-bond acceptors (Lipinski definition) is 1. The van der Waals surface area contributed by atoms with Crippen LogP contribution in [0.3, 0.4) is 0 Å². The van der Waals surface area contributed by atoms with Crippen LogP contribution in [0.5, 0.6) is 0 Å². The molecule has 36 heavy (non-hydrogen) atoms. The van der Waals surface area contributed by atoms with E-state index in [4.69, 9.17) is 0 Å². The molecular weight excluding hydrogens is 469 g/mol. The van der Waals surface area contributed by atoms with Gasteiger partial charge < -0.3 is 0 Å². The number of rotatable bonds is 2. The van der Waals surface area contributed by atoms with Crippen molar-refractivity contribution in [1.29, 1.82) is 0 Å². The highest BCUT2D eigenvalue weighted by molar-refractivity contribution is 7.28. The van der Waals surface area contributed by atoms with Crippen molar-refractivity contribution in [1.82, 2.24) is 0 Å². The Hall–Kier alpha value is -3.98. The van der Waals surface area contributed by atoms with Crippen LogP contribution >= 0.6 is 11.3 Å². The van der Waals surface area contributed by atoms with Crippen molar-refractivity contribution >= 4 is 71.1 Å². The standard InChI is InChI=1S/C34H22SSi/c1-3-11-24(12-4-1)36(25-13-5-2-6-14-25)31-18-10-8-16-27(31)29-22-20-23-19-21-28-26-15-7-9-17-30(26)35-33(28)32(23)34(29)36/h1-22H. The number of fused-ring (bicyclic) bond motifs is 9. The maximum absolute atomic E-state index is 2.55. The average Bonchev–Trinajstić information content (AvgIpc) is 3.48. The van der Waals surface area contributed by atoms with Crippen molar-refractivity contribution < 1.29 is 0 Å². The van der Waals surface area contributed by atoms with Crippen LogP contribution in [0.15, 0.2) is 133 Å². The van der Waals surface area contributed by atoms with E-state index in [9.17, 15) is 0 Å². The SMILES string of the molecule is c1ccc([Si]2(c3ccccc3)c3ccccc3-c3ccc4ccc5c6ccccc6sc5c4c32)cc1. The van der Waals surface area contributed by atoms with Crippen LogP contribution in [0.1, 0.15) is 0 Å². The molecule has 0 saturated heterocycles. The topological polar surface area (TPSA) is 0 Å². The van der Waals surface area contributed by atoms with Crippen LogP contribution in [-0.4, -0.2) is 8.07 Å². The third kappa shape index (κ3) is 2.53. The van der Waals surface area contributed by atoms with Crippen molar-refractivity contribution in [2.75, 3.05) is 0 Å². The van der Waals surface area contributed by atoms with Gasteiger partial charge >= 0.3 is 0 Å². The van der Waals surface area contributed by atoms with Gasteiger partial charge in [0.2, 0.25) is 0 Å².